The summed E-state index contributed by atoms with van der Waals surface area (Å²) in [7, 11) is 0. The molecule has 2 fully saturated rings. The number of rotatable bonds is 2. The first-order valence-electron chi connectivity index (χ1n) is 8.43. The van der Waals surface area contributed by atoms with E-state index in [-0.39, 0.29) is 5.79 Å². The Hall–Kier alpha value is -0.840. The fourth-order valence-electron chi connectivity index (χ4n) is 4.29. The molecule has 0 amide bonds. The zero-order valence-corrected chi connectivity index (χ0v) is 13.0. The van der Waals surface area contributed by atoms with E-state index >= 15 is 0 Å². The van der Waals surface area contributed by atoms with Crippen LogP contribution in [0.4, 0.5) is 0 Å². The molecule has 3 heterocycles. The zero-order valence-electron chi connectivity index (χ0n) is 13.0. The summed E-state index contributed by atoms with van der Waals surface area (Å²) in [5.41, 5.74) is 1.47. The van der Waals surface area contributed by atoms with Gasteiger partial charge in [0.25, 0.3) is 0 Å². The van der Waals surface area contributed by atoms with Crippen LogP contribution in [0.25, 0.3) is 0 Å². The average Bonchev–Trinajstić information content (AvgIpc) is 3.14. The highest BCUT2D eigenvalue weighted by Crippen LogP contribution is 2.39. The summed E-state index contributed by atoms with van der Waals surface area (Å²) < 4.78 is 14.1. The van der Waals surface area contributed by atoms with Gasteiger partial charge in [-0.3, -0.25) is 4.90 Å². The Bertz CT molecular complexity index is 483. The van der Waals surface area contributed by atoms with E-state index in [1.165, 1.54) is 31.6 Å². The highest BCUT2D eigenvalue weighted by molar-refractivity contribution is 5.13. The minimum Gasteiger partial charge on any atom is -0.349 e. The molecule has 1 saturated carbocycles. The molecule has 0 unspecified atom stereocenters. The zero-order chi connectivity index (χ0) is 14.3. The molecular formula is C17H26N2O2. The lowest BCUT2D eigenvalue weighted by molar-refractivity contribution is -0.183. The van der Waals surface area contributed by atoms with E-state index in [0.29, 0.717) is 6.04 Å². The molecule has 2 aliphatic heterocycles. The summed E-state index contributed by atoms with van der Waals surface area (Å²) in [6.45, 7) is 7.45. The van der Waals surface area contributed by atoms with Crippen molar-refractivity contribution in [1.82, 2.24) is 9.47 Å². The lowest BCUT2D eigenvalue weighted by Gasteiger charge is -2.40. The van der Waals surface area contributed by atoms with Crippen LogP contribution in [0.15, 0.2) is 18.3 Å². The van der Waals surface area contributed by atoms with Crippen LogP contribution in [-0.4, -0.2) is 41.6 Å². The second kappa shape index (κ2) is 5.41. The molecule has 0 aromatic carbocycles. The number of ether oxygens (including phenoxy) is 2. The Balaban J connectivity index is 1.35. The van der Waals surface area contributed by atoms with Gasteiger partial charge in [0.2, 0.25) is 0 Å². The molecule has 21 heavy (non-hydrogen) atoms. The van der Waals surface area contributed by atoms with Gasteiger partial charge in [-0.15, -0.1) is 0 Å². The summed E-state index contributed by atoms with van der Waals surface area (Å²) in [5.74, 6) is 0.589. The van der Waals surface area contributed by atoms with Crippen molar-refractivity contribution >= 4 is 0 Å². The number of hydrogen-bond acceptors (Lipinski definition) is 3. The van der Waals surface area contributed by atoms with Crippen molar-refractivity contribution in [2.45, 2.75) is 51.0 Å². The molecule has 0 radical (unpaired) electrons. The second-order valence-corrected chi connectivity index (χ2v) is 6.85. The standard InChI is InChI=1S/C17H26N2O2/c1-14-16-3-2-8-18(16)9-10-19(14)13-15-4-6-17(7-5-15)20-11-12-21-17/h2-3,8,14-15H,4-7,9-13H2,1H3/t14-/m0/s1. The maximum absolute atomic E-state index is 5.84. The topological polar surface area (TPSA) is 26.6 Å². The van der Waals surface area contributed by atoms with Gasteiger partial charge >= 0.3 is 0 Å². The van der Waals surface area contributed by atoms with E-state index in [9.17, 15) is 0 Å². The first-order chi connectivity index (χ1) is 10.3. The van der Waals surface area contributed by atoms with Gasteiger partial charge in [-0.05, 0) is 37.8 Å². The van der Waals surface area contributed by atoms with Crippen molar-refractivity contribution in [1.29, 1.82) is 0 Å². The van der Waals surface area contributed by atoms with Crippen LogP contribution in [0.5, 0.6) is 0 Å². The average molecular weight is 290 g/mol. The van der Waals surface area contributed by atoms with Crippen LogP contribution < -0.4 is 0 Å². The molecule has 1 atom stereocenters. The third kappa shape index (κ3) is 2.54. The smallest absolute Gasteiger partial charge is 0.168 e. The van der Waals surface area contributed by atoms with E-state index < -0.39 is 0 Å². The molecule has 3 aliphatic rings. The van der Waals surface area contributed by atoms with Crippen molar-refractivity contribution in [3.63, 3.8) is 0 Å². The van der Waals surface area contributed by atoms with Crippen LogP contribution in [0.1, 0.15) is 44.3 Å². The summed E-state index contributed by atoms with van der Waals surface area (Å²) in [6.07, 6.45) is 6.85. The maximum Gasteiger partial charge on any atom is 0.168 e. The van der Waals surface area contributed by atoms with E-state index in [0.717, 1.165) is 38.5 Å². The lowest BCUT2D eigenvalue weighted by Crippen LogP contribution is -2.42. The molecule has 1 aromatic rings. The molecule has 1 saturated heterocycles. The molecular weight excluding hydrogens is 264 g/mol. The molecule has 4 rings (SSSR count). The van der Waals surface area contributed by atoms with Crippen LogP contribution in [-0.2, 0) is 16.0 Å². The van der Waals surface area contributed by atoms with E-state index in [1.54, 1.807) is 0 Å². The quantitative estimate of drug-likeness (QED) is 0.838. The molecule has 1 aliphatic carbocycles. The molecule has 4 heteroatoms. The van der Waals surface area contributed by atoms with Gasteiger partial charge in [0.15, 0.2) is 5.79 Å². The fourth-order valence-corrected chi connectivity index (χ4v) is 4.29. The van der Waals surface area contributed by atoms with E-state index in [4.69, 9.17) is 9.47 Å². The maximum atomic E-state index is 5.84. The minimum atomic E-state index is -0.210. The fraction of sp³-hybridized carbons (Fsp3) is 0.765. The van der Waals surface area contributed by atoms with Crippen LogP contribution in [0, 0.1) is 5.92 Å². The number of hydrogen-bond donors (Lipinski definition) is 0. The third-order valence-corrected chi connectivity index (χ3v) is 5.64. The normalized spacial score (nSPS) is 29.9. The minimum absolute atomic E-state index is 0.210. The summed E-state index contributed by atoms with van der Waals surface area (Å²) >= 11 is 0. The van der Waals surface area contributed by atoms with Gasteiger partial charge in [0, 0.05) is 50.4 Å². The molecule has 0 N–H and O–H groups in total. The Morgan fingerprint density at radius 1 is 1.19 bits per heavy atom. The monoisotopic (exact) mass is 290 g/mol. The van der Waals surface area contributed by atoms with Crippen LogP contribution in [0.3, 0.4) is 0 Å². The Labute approximate surface area is 127 Å². The first-order valence-corrected chi connectivity index (χ1v) is 8.43. The van der Waals surface area contributed by atoms with Crippen LogP contribution >= 0.6 is 0 Å². The summed E-state index contributed by atoms with van der Waals surface area (Å²) in [4.78, 5) is 2.66. The van der Waals surface area contributed by atoms with Gasteiger partial charge in [0.1, 0.15) is 0 Å². The highest BCUT2D eigenvalue weighted by Gasteiger charge is 2.40. The Kier molecular flexibility index (Phi) is 3.56. The van der Waals surface area contributed by atoms with Crippen molar-refractivity contribution in [3.8, 4) is 0 Å². The number of aromatic nitrogens is 1. The van der Waals surface area contributed by atoms with Crippen molar-refractivity contribution < 1.29 is 9.47 Å². The SMILES string of the molecule is C[C@H]1c2cccn2CCN1CC1CCC2(CC1)OCCO2. The Morgan fingerprint density at radius 2 is 1.95 bits per heavy atom. The number of fused-ring (bicyclic) bond motifs is 1. The largest absolute Gasteiger partial charge is 0.349 e. The molecule has 4 nitrogen and oxygen atoms in total. The molecule has 1 aromatic heterocycles. The lowest BCUT2D eigenvalue weighted by atomic mass is 9.84. The molecule has 116 valence electrons. The van der Waals surface area contributed by atoms with Crippen molar-refractivity contribution in [2.24, 2.45) is 5.92 Å². The van der Waals surface area contributed by atoms with Gasteiger partial charge in [-0.2, -0.15) is 0 Å². The van der Waals surface area contributed by atoms with E-state index in [1.807, 2.05) is 0 Å². The van der Waals surface area contributed by atoms with Gasteiger partial charge in [-0.25, -0.2) is 0 Å². The Morgan fingerprint density at radius 3 is 2.71 bits per heavy atom. The van der Waals surface area contributed by atoms with E-state index in [2.05, 4.69) is 34.7 Å². The third-order valence-electron chi connectivity index (χ3n) is 5.64. The van der Waals surface area contributed by atoms with Gasteiger partial charge in [0.05, 0.1) is 13.2 Å². The van der Waals surface area contributed by atoms with Crippen molar-refractivity contribution in [3.05, 3.63) is 24.0 Å². The first kappa shape index (κ1) is 13.8. The predicted molar refractivity (Wildman–Crippen MR) is 81.0 cm³/mol. The van der Waals surface area contributed by atoms with Gasteiger partial charge < -0.3 is 14.0 Å². The van der Waals surface area contributed by atoms with Crippen molar-refractivity contribution in [2.75, 3.05) is 26.3 Å². The second-order valence-electron chi connectivity index (χ2n) is 6.85. The van der Waals surface area contributed by atoms with Crippen LogP contribution in [0.2, 0.25) is 0 Å². The molecule has 1 spiro atoms. The summed E-state index contributed by atoms with van der Waals surface area (Å²) in [6, 6.07) is 4.99. The predicted octanol–water partition coefficient (Wildman–Crippen LogP) is 2.80. The highest BCUT2D eigenvalue weighted by atomic mass is 16.7. The van der Waals surface area contributed by atoms with Gasteiger partial charge in [-0.1, -0.05) is 0 Å². The summed E-state index contributed by atoms with van der Waals surface area (Å²) in [5, 5.41) is 0. The number of nitrogens with zero attached hydrogens (tertiary/aromatic N) is 2. The molecule has 0 bridgehead atoms.